The van der Waals surface area contributed by atoms with E-state index < -0.39 is 0 Å². The van der Waals surface area contributed by atoms with E-state index >= 15 is 0 Å². The third-order valence-electron chi connectivity index (χ3n) is 3.32. The Morgan fingerprint density at radius 1 is 1.53 bits per heavy atom. The first-order chi connectivity index (χ1) is 9.02. The Hall–Kier alpha value is -1.88. The van der Waals surface area contributed by atoms with Gasteiger partial charge in [-0.1, -0.05) is 24.4 Å². The minimum Gasteiger partial charge on any atom is -0.508 e. The van der Waals surface area contributed by atoms with E-state index in [-0.39, 0.29) is 11.8 Å². The molecule has 1 heterocycles. The number of allylic oxidation sites excluding steroid dienone is 1. The van der Waals surface area contributed by atoms with Crippen LogP contribution in [0.4, 0.5) is 0 Å². The van der Waals surface area contributed by atoms with E-state index in [1.807, 2.05) is 24.9 Å². The number of phenolic OH excluding ortho intramolecular Hbond substituents is 1. The highest BCUT2D eigenvalue weighted by Crippen LogP contribution is 2.28. The number of aromatic hydroxyl groups is 1. The Labute approximate surface area is 117 Å². The van der Waals surface area contributed by atoms with Gasteiger partial charge in [-0.2, -0.15) is 0 Å². The summed E-state index contributed by atoms with van der Waals surface area (Å²) in [6, 6.07) is 6.54. The molecule has 2 rings (SSSR count). The molecule has 0 amide bonds. The molecular weight excluding hydrogens is 260 g/mol. The number of phenols is 1. The van der Waals surface area contributed by atoms with E-state index in [4.69, 9.17) is 12.2 Å². The van der Waals surface area contributed by atoms with Gasteiger partial charge in [0.05, 0.1) is 17.6 Å². The van der Waals surface area contributed by atoms with Crippen molar-refractivity contribution in [3.8, 4) is 5.75 Å². The molecule has 0 fully saturated rings. The van der Waals surface area contributed by atoms with Crippen molar-refractivity contribution in [3.63, 3.8) is 0 Å². The van der Waals surface area contributed by atoms with Crippen molar-refractivity contribution in [1.82, 2.24) is 10.2 Å². The fraction of sp³-hybridized carbons (Fsp3) is 0.286. The summed E-state index contributed by atoms with van der Waals surface area (Å²) in [5, 5.41) is 12.8. The van der Waals surface area contributed by atoms with E-state index in [9.17, 15) is 9.90 Å². The van der Waals surface area contributed by atoms with E-state index in [0.717, 1.165) is 17.5 Å². The molecule has 1 unspecified atom stereocenters. The van der Waals surface area contributed by atoms with Gasteiger partial charge in [-0.25, -0.2) is 0 Å². The average molecular weight is 276 g/mol. The van der Waals surface area contributed by atoms with Gasteiger partial charge in [0.2, 0.25) is 0 Å². The molecule has 0 radical (unpaired) electrons. The number of likely N-dealkylation sites (N-methyl/N-ethyl adjacent to an activating group) is 1. The highest BCUT2D eigenvalue weighted by atomic mass is 32.1. The topological polar surface area (TPSA) is 52.6 Å². The first-order valence-corrected chi connectivity index (χ1v) is 6.39. The SMILES string of the molecule is CC1=C(C=O)C(c2cccc(O)c2)NC(=S)CN1C. The molecular formula is C14H16N2O2S. The largest absolute Gasteiger partial charge is 0.508 e. The van der Waals surface area contributed by atoms with Crippen LogP contribution in [0.1, 0.15) is 18.5 Å². The standard InChI is InChI=1S/C14H16N2O2S/c1-9-12(8-17)14(15-13(19)7-16(9)2)10-4-3-5-11(18)6-10/h3-6,8,14,18H,7H2,1-2H3,(H,15,19). The number of benzene rings is 1. The number of thiocarbonyl (C=S) groups is 1. The smallest absolute Gasteiger partial charge is 0.150 e. The fourth-order valence-corrected chi connectivity index (χ4v) is 2.48. The van der Waals surface area contributed by atoms with Crippen molar-refractivity contribution in [1.29, 1.82) is 0 Å². The Morgan fingerprint density at radius 3 is 2.89 bits per heavy atom. The maximum Gasteiger partial charge on any atom is 0.150 e. The van der Waals surface area contributed by atoms with E-state index in [1.54, 1.807) is 18.2 Å². The van der Waals surface area contributed by atoms with Crippen LogP contribution in [-0.2, 0) is 4.79 Å². The van der Waals surface area contributed by atoms with Crippen molar-refractivity contribution in [2.75, 3.05) is 13.6 Å². The lowest BCUT2D eigenvalue weighted by Crippen LogP contribution is -2.31. The van der Waals surface area contributed by atoms with Gasteiger partial charge < -0.3 is 15.3 Å². The predicted molar refractivity (Wildman–Crippen MR) is 78.0 cm³/mol. The Kier molecular flexibility index (Phi) is 3.85. The second kappa shape index (κ2) is 5.40. The van der Waals surface area contributed by atoms with E-state index in [2.05, 4.69) is 5.32 Å². The molecule has 0 saturated carbocycles. The van der Waals surface area contributed by atoms with Crippen LogP contribution in [0.3, 0.4) is 0 Å². The first kappa shape index (κ1) is 13.5. The normalized spacial score (nSPS) is 20.0. The van der Waals surface area contributed by atoms with Crippen molar-refractivity contribution in [2.24, 2.45) is 0 Å². The Balaban J connectivity index is 2.51. The summed E-state index contributed by atoms with van der Waals surface area (Å²) < 4.78 is 0. The highest BCUT2D eigenvalue weighted by Gasteiger charge is 2.25. The van der Waals surface area contributed by atoms with Crippen LogP contribution in [0.5, 0.6) is 5.75 Å². The third kappa shape index (κ3) is 2.76. The number of carbonyl (C=O) groups is 1. The monoisotopic (exact) mass is 276 g/mol. The van der Waals surface area contributed by atoms with Crippen LogP contribution in [-0.4, -0.2) is 34.9 Å². The summed E-state index contributed by atoms with van der Waals surface area (Å²) in [5.74, 6) is 0.172. The Bertz CT molecular complexity index is 554. The highest BCUT2D eigenvalue weighted by molar-refractivity contribution is 7.80. The zero-order chi connectivity index (χ0) is 14.0. The maximum atomic E-state index is 11.4. The summed E-state index contributed by atoms with van der Waals surface area (Å²) in [7, 11) is 1.90. The van der Waals surface area contributed by atoms with E-state index in [1.165, 1.54) is 0 Å². The summed E-state index contributed by atoms with van der Waals surface area (Å²) in [6.45, 7) is 2.48. The summed E-state index contributed by atoms with van der Waals surface area (Å²) >= 11 is 5.28. The zero-order valence-corrected chi connectivity index (χ0v) is 11.7. The second-order valence-corrected chi connectivity index (χ2v) is 5.10. The molecule has 0 aromatic heterocycles. The van der Waals surface area contributed by atoms with Crippen molar-refractivity contribution >= 4 is 23.5 Å². The van der Waals surface area contributed by atoms with Crippen molar-refractivity contribution < 1.29 is 9.90 Å². The molecule has 0 spiro atoms. The average Bonchev–Trinajstić information content (AvgIpc) is 2.47. The van der Waals surface area contributed by atoms with Crippen LogP contribution in [0.15, 0.2) is 35.5 Å². The van der Waals surface area contributed by atoms with Crippen LogP contribution < -0.4 is 5.32 Å². The van der Waals surface area contributed by atoms with Gasteiger partial charge in [-0.15, -0.1) is 0 Å². The molecule has 1 aliphatic rings. The van der Waals surface area contributed by atoms with Crippen molar-refractivity contribution in [3.05, 3.63) is 41.1 Å². The molecule has 2 N–H and O–H groups in total. The number of carbonyl (C=O) groups excluding carboxylic acids is 1. The molecule has 1 aromatic carbocycles. The van der Waals surface area contributed by atoms with Gasteiger partial charge in [0.1, 0.15) is 12.0 Å². The minimum atomic E-state index is -0.318. The molecule has 0 bridgehead atoms. The summed E-state index contributed by atoms with van der Waals surface area (Å²) in [6.07, 6.45) is 0.849. The quantitative estimate of drug-likeness (QED) is 0.637. The number of nitrogens with one attached hydrogen (secondary N) is 1. The molecule has 1 aromatic rings. The molecule has 5 heteroatoms. The Morgan fingerprint density at radius 2 is 2.26 bits per heavy atom. The number of hydrogen-bond donors (Lipinski definition) is 2. The van der Waals surface area contributed by atoms with Gasteiger partial charge in [-0.3, -0.25) is 4.79 Å². The number of rotatable bonds is 2. The molecule has 1 aliphatic heterocycles. The van der Waals surface area contributed by atoms with E-state index in [0.29, 0.717) is 17.1 Å². The molecule has 4 nitrogen and oxygen atoms in total. The summed E-state index contributed by atoms with van der Waals surface area (Å²) in [4.78, 5) is 14.0. The number of nitrogens with zero attached hydrogens (tertiary/aromatic N) is 1. The van der Waals surface area contributed by atoms with Crippen LogP contribution >= 0.6 is 12.2 Å². The lowest BCUT2D eigenvalue weighted by atomic mass is 9.98. The van der Waals surface area contributed by atoms with Crippen LogP contribution in [0, 0.1) is 0 Å². The number of hydrogen-bond acceptors (Lipinski definition) is 4. The molecule has 0 aliphatic carbocycles. The molecule has 0 saturated heterocycles. The third-order valence-corrected chi connectivity index (χ3v) is 3.56. The van der Waals surface area contributed by atoms with Gasteiger partial charge in [0, 0.05) is 18.3 Å². The molecule has 100 valence electrons. The second-order valence-electron chi connectivity index (χ2n) is 4.61. The van der Waals surface area contributed by atoms with Crippen LogP contribution in [0.2, 0.25) is 0 Å². The fourth-order valence-electron chi connectivity index (χ4n) is 2.17. The first-order valence-electron chi connectivity index (χ1n) is 5.98. The lowest BCUT2D eigenvalue weighted by Gasteiger charge is -2.19. The van der Waals surface area contributed by atoms with Gasteiger partial charge in [0.25, 0.3) is 0 Å². The van der Waals surface area contributed by atoms with Crippen molar-refractivity contribution in [2.45, 2.75) is 13.0 Å². The molecule has 19 heavy (non-hydrogen) atoms. The summed E-state index contributed by atoms with van der Waals surface area (Å²) in [5.41, 5.74) is 2.34. The number of aldehydes is 1. The van der Waals surface area contributed by atoms with Gasteiger partial charge in [0.15, 0.2) is 0 Å². The lowest BCUT2D eigenvalue weighted by molar-refractivity contribution is -0.105. The maximum absolute atomic E-state index is 11.4. The predicted octanol–water partition coefficient (Wildman–Crippen LogP) is 1.77. The minimum absolute atomic E-state index is 0.172. The zero-order valence-electron chi connectivity index (χ0n) is 10.9. The van der Waals surface area contributed by atoms with Crippen LogP contribution in [0.25, 0.3) is 0 Å². The van der Waals surface area contributed by atoms with Gasteiger partial charge >= 0.3 is 0 Å². The van der Waals surface area contributed by atoms with Gasteiger partial charge in [-0.05, 0) is 24.6 Å². The molecule has 1 atom stereocenters.